The van der Waals surface area contributed by atoms with Crippen molar-refractivity contribution in [3.63, 3.8) is 0 Å². The molecule has 0 radical (unpaired) electrons. The van der Waals surface area contributed by atoms with E-state index in [0.29, 0.717) is 10.6 Å². The smallest absolute Gasteiger partial charge is 0.204 e. The minimum absolute atomic E-state index is 0.00615. The zero-order chi connectivity index (χ0) is 25.1. The van der Waals surface area contributed by atoms with Crippen molar-refractivity contribution in [3.05, 3.63) is 120 Å². The standard InChI is InChI=1S/C31H28N3OP/c1-22(2)30(34-36(35,23-13-5-3-6-14-23)24-15-7-4-8-16-24)29(21-32)33-31-27-19-11-9-17-25(27)26-18-10-12-20-28(26)31/h3-20,22,29-30H,1-2H3,(H,34,35)/t29-,30-/m1/s1. The fourth-order valence-corrected chi connectivity index (χ4v) is 7.47. The van der Waals surface area contributed by atoms with Gasteiger partial charge in [-0.3, -0.25) is 14.6 Å². The number of aliphatic imine (C=N–C) groups is 1. The van der Waals surface area contributed by atoms with Crippen molar-refractivity contribution in [1.29, 1.82) is 5.26 Å². The third-order valence-corrected chi connectivity index (χ3v) is 9.40. The molecule has 0 amide bonds. The van der Waals surface area contributed by atoms with Gasteiger partial charge in [-0.1, -0.05) is 98.8 Å². The summed E-state index contributed by atoms with van der Waals surface area (Å²) in [7, 11) is -3.25. The Kier molecular flexibility index (Phi) is 6.70. The molecule has 4 nitrogen and oxygen atoms in total. The average molecular weight is 490 g/mol. The first-order valence-electron chi connectivity index (χ1n) is 12.2. The first-order chi connectivity index (χ1) is 17.5. The van der Waals surface area contributed by atoms with Gasteiger partial charge < -0.3 is 0 Å². The third-order valence-electron chi connectivity index (χ3n) is 6.68. The van der Waals surface area contributed by atoms with E-state index in [1.807, 2.05) is 98.8 Å². The van der Waals surface area contributed by atoms with Crippen molar-refractivity contribution in [3.8, 4) is 17.2 Å². The maximum atomic E-state index is 14.7. The maximum absolute atomic E-state index is 14.7. The van der Waals surface area contributed by atoms with Crippen LogP contribution in [0.3, 0.4) is 0 Å². The molecule has 0 aromatic heterocycles. The van der Waals surface area contributed by atoms with Crippen LogP contribution in [0.2, 0.25) is 0 Å². The Morgan fingerprint density at radius 2 is 1.11 bits per heavy atom. The van der Waals surface area contributed by atoms with E-state index in [2.05, 4.69) is 35.4 Å². The molecule has 178 valence electrons. The van der Waals surface area contributed by atoms with Gasteiger partial charge >= 0.3 is 0 Å². The lowest BCUT2D eigenvalue weighted by Crippen LogP contribution is -2.44. The highest BCUT2D eigenvalue weighted by Gasteiger charge is 2.36. The first-order valence-corrected chi connectivity index (χ1v) is 13.9. The van der Waals surface area contributed by atoms with Gasteiger partial charge in [0.25, 0.3) is 0 Å². The van der Waals surface area contributed by atoms with Gasteiger partial charge in [-0.15, -0.1) is 0 Å². The fraction of sp³-hybridized carbons (Fsp3) is 0.161. The molecule has 0 unspecified atom stereocenters. The SMILES string of the molecule is CC(C)[C@@H](NP(=O)(c1ccccc1)c1ccccc1)[C@@H](C#N)N=C1c2ccccc2-c2ccccc21. The molecule has 0 bridgehead atoms. The zero-order valence-corrected chi connectivity index (χ0v) is 21.3. The van der Waals surface area contributed by atoms with Gasteiger partial charge in [0.2, 0.25) is 7.29 Å². The van der Waals surface area contributed by atoms with Crippen LogP contribution < -0.4 is 15.7 Å². The van der Waals surface area contributed by atoms with Crippen molar-refractivity contribution >= 4 is 23.6 Å². The molecule has 0 spiro atoms. The van der Waals surface area contributed by atoms with E-state index < -0.39 is 19.4 Å². The highest BCUT2D eigenvalue weighted by atomic mass is 31.2. The molecular weight excluding hydrogens is 461 g/mol. The lowest BCUT2D eigenvalue weighted by molar-refractivity contribution is 0.425. The highest BCUT2D eigenvalue weighted by Crippen LogP contribution is 2.41. The number of nitrogens with one attached hydrogen (secondary N) is 1. The predicted molar refractivity (Wildman–Crippen MR) is 148 cm³/mol. The van der Waals surface area contributed by atoms with E-state index in [1.54, 1.807) is 0 Å². The normalized spacial score (nSPS) is 14.0. The van der Waals surface area contributed by atoms with E-state index in [1.165, 1.54) is 0 Å². The summed E-state index contributed by atoms with van der Waals surface area (Å²) >= 11 is 0. The van der Waals surface area contributed by atoms with Crippen LogP contribution in [-0.4, -0.2) is 17.8 Å². The summed E-state index contributed by atoms with van der Waals surface area (Å²) in [6.07, 6.45) is 0. The predicted octanol–water partition coefficient (Wildman–Crippen LogP) is 5.94. The summed E-state index contributed by atoms with van der Waals surface area (Å²) in [6, 6.07) is 36.5. The molecule has 1 aliphatic carbocycles. The van der Waals surface area contributed by atoms with Crippen molar-refractivity contribution in [2.75, 3.05) is 0 Å². The third kappa shape index (κ3) is 4.33. The summed E-state index contributed by atoms with van der Waals surface area (Å²) in [4.78, 5) is 5.04. The van der Waals surface area contributed by atoms with E-state index in [-0.39, 0.29) is 5.92 Å². The number of hydrogen-bond acceptors (Lipinski definition) is 3. The van der Waals surface area contributed by atoms with Crippen molar-refractivity contribution in [2.45, 2.75) is 25.9 Å². The summed E-state index contributed by atoms with van der Waals surface area (Å²) in [5, 5.41) is 15.2. The first kappa shape index (κ1) is 23.9. The monoisotopic (exact) mass is 489 g/mol. The van der Waals surface area contributed by atoms with Crippen LogP contribution in [0.1, 0.15) is 25.0 Å². The van der Waals surface area contributed by atoms with Gasteiger partial charge in [0.1, 0.15) is 0 Å². The molecule has 0 heterocycles. The lowest BCUT2D eigenvalue weighted by atomic mass is 9.98. The summed E-state index contributed by atoms with van der Waals surface area (Å²) in [5.41, 5.74) is 5.11. The Balaban J connectivity index is 1.60. The molecule has 5 heteroatoms. The number of nitrogens with zero attached hydrogens (tertiary/aromatic N) is 2. The second-order valence-corrected chi connectivity index (χ2v) is 11.8. The Bertz CT molecular complexity index is 1400. The van der Waals surface area contributed by atoms with Crippen LogP contribution in [0, 0.1) is 17.2 Å². The molecule has 4 aromatic carbocycles. The number of rotatable bonds is 7. The number of fused-ring (bicyclic) bond motifs is 3. The molecule has 0 fully saturated rings. The van der Waals surface area contributed by atoms with Gasteiger partial charge in [0, 0.05) is 21.7 Å². The molecule has 1 aliphatic rings. The lowest BCUT2D eigenvalue weighted by Gasteiger charge is -2.31. The molecular formula is C31H28N3OP. The van der Waals surface area contributed by atoms with Crippen molar-refractivity contribution < 1.29 is 4.57 Å². The van der Waals surface area contributed by atoms with Gasteiger partial charge in [0.15, 0.2) is 6.04 Å². The van der Waals surface area contributed by atoms with Crippen molar-refractivity contribution in [1.82, 2.24) is 5.09 Å². The largest absolute Gasteiger partial charge is 0.297 e. The number of benzene rings is 4. The molecule has 0 saturated carbocycles. The minimum atomic E-state index is -3.25. The molecule has 4 aromatic rings. The van der Waals surface area contributed by atoms with Crippen LogP contribution in [0.5, 0.6) is 0 Å². The van der Waals surface area contributed by atoms with E-state index >= 15 is 0 Å². The van der Waals surface area contributed by atoms with Gasteiger partial charge in [-0.25, -0.2) is 0 Å². The quantitative estimate of drug-likeness (QED) is 0.288. The van der Waals surface area contributed by atoms with Crippen LogP contribution in [-0.2, 0) is 4.57 Å². The number of nitriles is 1. The van der Waals surface area contributed by atoms with Crippen LogP contribution >= 0.6 is 7.29 Å². The fourth-order valence-electron chi connectivity index (χ4n) is 4.83. The Labute approximate surface area is 212 Å². The summed E-state index contributed by atoms with van der Waals surface area (Å²) < 4.78 is 14.7. The second-order valence-electron chi connectivity index (χ2n) is 9.32. The van der Waals surface area contributed by atoms with Gasteiger partial charge in [-0.05, 0) is 41.3 Å². The molecule has 2 atom stereocenters. The second kappa shape index (κ2) is 10.1. The van der Waals surface area contributed by atoms with Crippen LogP contribution in [0.4, 0.5) is 0 Å². The molecule has 0 saturated heterocycles. The molecule has 0 aliphatic heterocycles. The molecule has 5 rings (SSSR count). The van der Waals surface area contributed by atoms with E-state index in [4.69, 9.17) is 4.99 Å². The van der Waals surface area contributed by atoms with Gasteiger partial charge in [-0.2, -0.15) is 5.26 Å². The van der Waals surface area contributed by atoms with E-state index in [9.17, 15) is 9.83 Å². The summed E-state index contributed by atoms with van der Waals surface area (Å²) in [5.74, 6) is 0.00615. The summed E-state index contributed by atoms with van der Waals surface area (Å²) in [6.45, 7) is 4.08. The van der Waals surface area contributed by atoms with Crippen LogP contribution in [0.25, 0.3) is 11.1 Å². The maximum Gasteiger partial charge on any atom is 0.204 e. The van der Waals surface area contributed by atoms with Gasteiger partial charge in [0.05, 0.1) is 17.8 Å². The average Bonchev–Trinajstić information content (AvgIpc) is 3.25. The zero-order valence-electron chi connectivity index (χ0n) is 20.4. The molecule has 1 N–H and O–H groups in total. The van der Waals surface area contributed by atoms with Crippen molar-refractivity contribution in [2.24, 2.45) is 10.9 Å². The Morgan fingerprint density at radius 1 is 0.694 bits per heavy atom. The van der Waals surface area contributed by atoms with Crippen LogP contribution in [0.15, 0.2) is 114 Å². The minimum Gasteiger partial charge on any atom is -0.297 e. The topological polar surface area (TPSA) is 65.2 Å². The Hall–Kier alpha value is -3.77. The highest BCUT2D eigenvalue weighted by molar-refractivity contribution is 7.76. The molecule has 36 heavy (non-hydrogen) atoms. The number of hydrogen-bond donors (Lipinski definition) is 1. The Morgan fingerprint density at radius 3 is 1.53 bits per heavy atom. The van der Waals surface area contributed by atoms with E-state index in [0.717, 1.165) is 28.0 Å².